The SMILES string of the molecule is S=C(NCCCN1CCOCC1)N1CCc2ccccc2C1. The van der Waals surface area contributed by atoms with Gasteiger partial charge in [0.2, 0.25) is 0 Å². The zero-order valence-electron chi connectivity index (χ0n) is 13.1. The Kier molecular flexibility index (Phi) is 5.64. The number of nitrogens with zero attached hydrogens (tertiary/aromatic N) is 2. The highest BCUT2D eigenvalue weighted by Crippen LogP contribution is 2.18. The number of ether oxygens (including phenoxy) is 1. The molecule has 0 aliphatic carbocycles. The van der Waals surface area contributed by atoms with E-state index in [0.717, 1.165) is 70.4 Å². The minimum Gasteiger partial charge on any atom is -0.379 e. The average Bonchev–Trinajstić information content (AvgIpc) is 2.59. The van der Waals surface area contributed by atoms with Crippen molar-refractivity contribution in [1.82, 2.24) is 15.1 Å². The second-order valence-corrected chi connectivity index (χ2v) is 6.37. The van der Waals surface area contributed by atoms with Crippen molar-refractivity contribution in [1.29, 1.82) is 0 Å². The lowest BCUT2D eigenvalue weighted by Gasteiger charge is -2.31. The quantitative estimate of drug-likeness (QED) is 0.673. The third-order valence-corrected chi connectivity index (χ3v) is 4.85. The number of hydrogen-bond acceptors (Lipinski definition) is 3. The summed E-state index contributed by atoms with van der Waals surface area (Å²) in [6.07, 6.45) is 2.22. The van der Waals surface area contributed by atoms with Crippen LogP contribution in [0.2, 0.25) is 0 Å². The molecule has 120 valence electrons. The average molecular weight is 319 g/mol. The van der Waals surface area contributed by atoms with Gasteiger partial charge in [-0.1, -0.05) is 24.3 Å². The highest BCUT2D eigenvalue weighted by molar-refractivity contribution is 7.80. The van der Waals surface area contributed by atoms with Gasteiger partial charge in [0.1, 0.15) is 0 Å². The van der Waals surface area contributed by atoms with Gasteiger partial charge in [-0.25, -0.2) is 0 Å². The Labute approximate surface area is 138 Å². The fourth-order valence-electron chi connectivity index (χ4n) is 3.10. The van der Waals surface area contributed by atoms with Gasteiger partial charge in [0.05, 0.1) is 13.2 Å². The molecule has 1 N–H and O–H groups in total. The van der Waals surface area contributed by atoms with Gasteiger partial charge in [-0.3, -0.25) is 4.90 Å². The van der Waals surface area contributed by atoms with Crippen molar-refractivity contribution in [2.24, 2.45) is 0 Å². The minimum absolute atomic E-state index is 0.874. The molecule has 2 aliphatic rings. The molecule has 4 nitrogen and oxygen atoms in total. The van der Waals surface area contributed by atoms with Crippen LogP contribution in [0.25, 0.3) is 0 Å². The van der Waals surface area contributed by atoms with E-state index in [9.17, 15) is 0 Å². The molecule has 0 radical (unpaired) electrons. The topological polar surface area (TPSA) is 27.7 Å². The molecule has 3 rings (SSSR count). The molecule has 0 aromatic heterocycles. The number of hydrogen-bond donors (Lipinski definition) is 1. The lowest BCUT2D eigenvalue weighted by molar-refractivity contribution is 0.0376. The van der Waals surface area contributed by atoms with Crippen molar-refractivity contribution >= 4 is 17.3 Å². The van der Waals surface area contributed by atoms with Crippen LogP contribution < -0.4 is 5.32 Å². The monoisotopic (exact) mass is 319 g/mol. The Bertz CT molecular complexity index is 502. The van der Waals surface area contributed by atoms with Gasteiger partial charge in [0.25, 0.3) is 0 Å². The van der Waals surface area contributed by atoms with Crippen LogP contribution in [0.1, 0.15) is 17.5 Å². The third-order valence-electron chi connectivity index (χ3n) is 4.45. The first-order valence-corrected chi connectivity index (χ1v) is 8.63. The van der Waals surface area contributed by atoms with Crippen molar-refractivity contribution < 1.29 is 4.74 Å². The predicted molar refractivity (Wildman–Crippen MR) is 93.0 cm³/mol. The van der Waals surface area contributed by atoms with Crippen molar-refractivity contribution in [3.8, 4) is 0 Å². The molecule has 1 aromatic carbocycles. The molecule has 1 saturated heterocycles. The van der Waals surface area contributed by atoms with E-state index in [4.69, 9.17) is 17.0 Å². The summed E-state index contributed by atoms with van der Waals surface area (Å²) in [7, 11) is 0. The summed E-state index contributed by atoms with van der Waals surface area (Å²) in [5.41, 5.74) is 2.88. The standard InChI is InChI=1S/C17H25N3OS/c22-17(18-7-3-8-19-10-12-21-13-11-19)20-9-6-15-4-1-2-5-16(15)14-20/h1-2,4-5H,3,6-14H2,(H,18,22). The normalized spacial score (nSPS) is 18.8. The summed E-state index contributed by atoms with van der Waals surface area (Å²) >= 11 is 5.55. The third kappa shape index (κ3) is 4.18. The molecule has 0 unspecified atom stereocenters. The van der Waals surface area contributed by atoms with Crippen LogP contribution in [0, 0.1) is 0 Å². The van der Waals surface area contributed by atoms with Gasteiger partial charge in [-0.15, -0.1) is 0 Å². The van der Waals surface area contributed by atoms with Crippen molar-refractivity contribution in [3.05, 3.63) is 35.4 Å². The second kappa shape index (κ2) is 7.90. The van der Waals surface area contributed by atoms with E-state index in [0.29, 0.717) is 0 Å². The Morgan fingerprint density at radius 1 is 1.14 bits per heavy atom. The molecule has 0 bridgehead atoms. The van der Waals surface area contributed by atoms with Crippen LogP contribution in [0.3, 0.4) is 0 Å². The molecule has 2 aliphatic heterocycles. The first-order chi connectivity index (χ1) is 10.8. The first kappa shape index (κ1) is 15.7. The van der Waals surface area contributed by atoms with E-state index >= 15 is 0 Å². The van der Waals surface area contributed by atoms with E-state index in [1.165, 1.54) is 11.1 Å². The van der Waals surface area contributed by atoms with Gasteiger partial charge < -0.3 is 15.0 Å². The van der Waals surface area contributed by atoms with E-state index in [1.807, 2.05) is 0 Å². The molecule has 1 aromatic rings. The van der Waals surface area contributed by atoms with Crippen LogP contribution in [0.4, 0.5) is 0 Å². The molecular formula is C17H25N3OS. The smallest absolute Gasteiger partial charge is 0.169 e. The summed E-state index contributed by atoms with van der Waals surface area (Å²) in [4.78, 5) is 4.75. The Hall–Kier alpha value is -1.17. The number of nitrogens with one attached hydrogen (secondary N) is 1. The molecular weight excluding hydrogens is 294 g/mol. The van der Waals surface area contributed by atoms with Gasteiger partial charge in [-0.05, 0) is 42.7 Å². The van der Waals surface area contributed by atoms with Gasteiger partial charge in [-0.2, -0.15) is 0 Å². The van der Waals surface area contributed by atoms with Gasteiger partial charge >= 0.3 is 0 Å². The molecule has 22 heavy (non-hydrogen) atoms. The number of rotatable bonds is 4. The lowest BCUT2D eigenvalue weighted by atomic mass is 10.0. The summed E-state index contributed by atoms with van der Waals surface area (Å²) in [5, 5.41) is 4.32. The number of fused-ring (bicyclic) bond motifs is 1. The van der Waals surface area contributed by atoms with Crippen LogP contribution in [-0.4, -0.2) is 60.8 Å². The van der Waals surface area contributed by atoms with Crippen LogP contribution in [-0.2, 0) is 17.7 Å². The molecule has 5 heteroatoms. The maximum atomic E-state index is 5.55. The Balaban J connectivity index is 1.37. The van der Waals surface area contributed by atoms with Gasteiger partial charge in [0, 0.05) is 32.7 Å². The largest absolute Gasteiger partial charge is 0.379 e. The summed E-state index contributed by atoms with van der Waals surface area (Å²) < 4.78 is 5.37. The second-order valence-electron chi connectivity index (χ2n) is 5.98. The Morgan fingerprint density at radius 2 is 1.91 bits per heavy atom. The Morgan fingerprint density at radius 3 is 2.73 bits per heavy atom. The van der Waals surface area contributed by atoms with Crippen molar-refractivity contribution in [3.63, 3.8) is 0 Å². The maximum absolute atomic E-state index is 5.55. The van der Waals surface area contributed by atoms with Crippen molar-refractivity contribution in [2.75, 3.05) is 45.9 Å². The highest BCUT2D eigenvalue weighted by atomic mass is 32.1. The molecule has 0 saturated carbocycles. The number of morpholine rings is 1. The highest BCUT2D eigenvalue weighted by Gasteiger charge is 2.17. The predicted octanol–water partition coefficient (Wildman–Crippen LogP) is 1.64. The van der Waals surface area contributed by atoms with Crippen molar-refractivity contribution in [2.45, 2.75) is 19.4 Å². The fourth-order valence-corrected chi connectivity index (χ4v) is 3.36. The lowest BCUT2D eigenvalue weighted by Crippen LogP contribution is -2.43. The zero-order chi connectivity index (χ0) is 15.2. The minimum atomic E-state index is 0.874. The van der Waals surface area contributed by atoms with E-state index < -0.39 is 0 Å². The summed E-state index contributed by atoms with van der Waals surface area (Å²) in [5.74, 6) is 0. The van der Waals surface area contributed by atoms with Crippen LogP contribution >= 0.6 is 12.2 Å². The summed E-state index contributed by atoms with van der Waals surface area (Å²) in [6, 6.07) is 8.67. The van der Waals surface area contributed by atoms with E-state index in [1.54, 1.807) is 0 Å². The molecule has 1 fully saturated rings. The first-order valence-electron chi connectivity index (χ1n) is 8.22. The molecule has 0 atom stereocenters. The molecule has 2 heterocycles. The van der Waals surface area contributed by atoms with E-state index in [-0.39, 0.29) is 0 Å². The maximum Gasteiger partial charge on any atom is 0.169 e. The fraction of sp³-hybridized carbons (Fsp3) is 0.588. The van der Waals surface area contributed by atoms with Gasteiger partial charge in [0.15, 0.2) is 5.11 Å². The molecule has 0 spiro atoms. The van der Waals surface area contributed by atoms with Crippen LogP contribution in [0.5, 0.6) is 0 Å². The zero-order valence-corrected chi connectivity index (χ0v) is 13.9. The summed E-state index contributed by atoms with van der Waals surface area (Å²) in [6.45, 7) is 7.91. The number of thiocarbonyl (C=S) groups is 1. The number of benzene rings is 1. The molecule has 0 amide bonds. The van der Waals surface area contributed by atoms with Crippen LogP contribution in [0.15, 0.2) is 24.3 Å². The van der Waals surface area contributed by atoms with E-state index in [2.05, 4.69) is 39.4 Å².